The lowest BCUT2D eigenvalue weighted by Gasteiger charge is -2.09. The standard InChI is InChI=1S/C15H19FN2O3/c1-10(18)12(9-17)4-3-7-21-14-8-11(15(19)20-2)5-6-13(14)16/h5-6,8-9,17H,3-4,7,18H2,1-2H3/b12-10-,17-9?. The van der Waals surface area contributed by atoms with E-state index < -0.39 is 11.8 Å². The summed E-state index contributed by atoms with van der Waals surface area (Å²) in [6.07, 6.45) is 2.36. The summed E-state index contributed by atoms with van der Waals surface area (Å²) in [6.45, 7) is 1.98. The van der Waals surface area contributed by atoms with E-state index in [-0.39, 0.29) is 17.9 Å². The Labute approximate surface area is 123 Å². The second-order valence-corrected chi connectivity index (χ2v) is 4.44. The minimum Gasteiger partial charge on any atom is -0.490 e. The normalized spacial score (nSPS) is 11.6. The van der Waals surface area contributed by atoms with E-state index in [0.29, 0.717) is 18.5 Å². The van der Waals surface area contributed by atoms with E-state index >= 15 is 0 Å². The first-order valence-electron chi connectivity index (χ1n) is 6.46. The Kier molecular flexibility index (Phi) is 6.39. The number of benzene rings is 1. The molecule has 0 unspecified atom stereocenters. The maximum absolute atomic E-state index is 13.6. The number of hydrogen-bond acceptors (Lipinski definition) is 5. The molecule has 1 rings (SSSR count). The molecule has 5 nitrogen and oxygen atoms in total. The summed E-state index contributed by atoms with van der Waals surface area (Å²) in [5.74, 6) is -1.09. The van der Waals surface area contributed by atoms with Crippen LogP contribution in [0.1, 0.15) is 30.1 Å². The van der Waals surface area contributed by atoms with E-state index in [4.69, 9.17) is 15.9 Å². The van der Waals surface area contributed by atoms with Crippen LogP contribution < -0.4 is 10.5 Å². The molecule has 6 heteroatoms. The highest BCUT2D eigenvalue weighted by Gasteiger charge is 2.10. The molecule has 0 saturated carbocycles. The van der Waals surface area contributed by atoms with Gasteiger partial charge >= 0.3 is 5.97 Å². The van der Waals surface area contributed by atoms with Crippen LogP contribution in [0.15, 0.2) is 29.5 Å². The van der Waals surface area contributed by atoms with Gasteiger partial charge < -0.3 is 20.6 Å². The fraction of sp³-hybridized carbons (Fsp3) is 0.333. The average Bonchev–Trinajstić information content (AvgIpc) is 2.47. The van der Waals surface area contributed by atoms with Crippen LogP contribution in [0.4, 0.5) is 4.39 Å². The molecule has 1 aromatic rings. The Morgan fingerprint density at radius 1 is 1.48 bits per heavy atom. The fourth-order valence-electron chi connectivity index (χ4n) is 1.69. The zero-order valence-corrected chi connectivity index (χ0v) is 12.1. The SMILES string of the molecule is COC(=O)c1ccc(F)c(OCCC/C(C=N)=C(\C)N)c1. The third-order valence-electron chi connectivity index (χ3n) is 2.88. The number of carbonyl (C=O) groups excluding carboxylic acids is 1. The highest BCUT2D eigenvalue weighted by molar-refractivity contribution is 5.89. The van der Waals surface area contributed by atoms with Crippen LogP contribution in [0.5, 0.6) is 5.75 Å². The number of nitrogens with two attached hydrogens (primary N) is 1. The van der Waals surface area contributed by atoms with Gasteiger partial charge in [0, 0.05) is 11.9 Å². The van der Waals surface area contributed by atoms with Gasteiger partial charge in [0.1, 0.15) is 0 Å². The molecule has 3 N–H and O–H groups in total. The van der Waals surface area contributed by atoms with Crippen LogP contribution in [-0.4, -0.2) is 25.9 Å². The third-order valence-corrected chi connectivity index (χ3v) is 2.88. The Morgan fingerprint density at radius 2 is 2.19 bits per heavy atom. The molecule has 21 heavy (non-hydrogen) atoms. The van der Waals surface area contributed by atoms with Crippen molar-refractivity contribution >= 4 is 12.2 Å². The largest absolute Gasteiger partial charge is 0.490 e. The topological polar surface area (TPSA) is 85.4 Å². The molecule has 0 heterocycles. The summed E-state index contributed by atoms with van der Waals surface area (Å²) in [5, 5.41) is 7.21. The lowest BCUT2D eigenvalue weighted by Crippen LogP contribution is -2.06. The number of halogens is 1. The second-order valence-electron chi connectivity index (χ2n) is 4.44. The van der Waals surface area contributed by atoms with Gasteiger partial charge in [0.2, 0.25) is 0 Å². The Hall–Kier alpha value is -2.37. The van der Waals surface area contributed by atoms with Crippen LogP contribution in [0.3, 0.4) is 0 Å². The minimum atomic E-state index is -0.548. The van der Waals surface area contributed by atoms with Crippen LogP contribution in [0.2, 0.25) is 0 Å². The summed E-state index contributed by atoms with van der Waals surface area (Å²) >= 11 is 0. The van der Waals surface area contributed by atoms with Crippen molar-refractivity contribution in [2.75, 3.05) is 13.7 Å². The first-order valence-corrected chi connectivity index (χ1v) is 6.46. The number of methoxy groups -OCH3 is 1. The number of hydrogen-bond donors (Lipinski definition) is 2. The van der Waals surface area contributed by atoms with Crippen LogP contribution in [0, 0.1) is 11.2 Å². The zero-order valence-electron chi connectivity index (χ0n) is 12.1. The molecule has 0 bridgehead atoms. The quantitative estimate of drug-likeness (QED) is 0.460. The number of esters is 1. The maximum Gasteiger partial charge on any atom is 0.337 e. The van der Waals surface area contributed by atoms with Gasteiger partial charge in [-0.2, -0.15) is 0 Å². The molecule has 0 aliphatic carbocycles. The zero-order chi connectivity index (χ0) is 15.8. The van der Waals surface area contributed by atoms with Crippen molar-refractivity contribution in [2.45, 2.75) is 19.8 Å². The highest BCUT2D eigenvalue weighted by atomic mass is 19.1. The number of nitrogens with one attached hydrogen (secondary N) is 1. The molecule has 114 valence electrons. The van der Waals surface area contributed by atoms with Crippen LogP contribution in [-0.2, 0) is 4.74 Å². The van der Waals surface area contributed by atoms with E-state index in [1.54, 1.807) is 6.92 Å². The smallest absolute Gasteiger partial charge is 0.337 e. The van der Waals surface area contributed by atoms with Crippen LogP contribution in [0.25, 0.3) is 0 Å². The maximum atomic E-state index is 13.6. The van der Waals surface area contributed by atoms with Gasteiger partial charge in [0.15, 0.2) is 11.6 Å². The number of ether oxygens (including phenoxy) is 2. The molecule has 0 aliphatic rings. The molecule has 0 aliphatic heterocycles. The molecule has 0 fully saturated rings. The van der Waals surface area contributed by atoms with E-state index in [2.05, 4.69) is 4.74 Å². The summed E-state index contributed by atoms with van der Waals surface area (Å²) in [5.41, 5.74) is 7.15. The molecule has 0 atom stereocenters. The molecule has 0 radical (unpaired) electrons. The lowest BCUT2D eigenvalue weighted by atomic mass is 10.1. The van der Waals surface area contributed by atoms with Crippen molar-refractivity contribution in [1.82, 2.24) is 0 Å². The highest BCUT2D eigenvalue weighted by Crippen LogP contribution is 2.20. The predicted octanol–water partition coefficient (Wildman–Crippen LogP) is 2.65. The molecule has 0 amide bonds. The van der Waals surface area contributed by atoms with E-state index in [9.17, 15) is 9.18 Å². The molecule has 0 saturated heterocycles. The van der Waals surface area contributed by atoms with E-state index in [0.717, 1.165) is 11.6 Å². The monoisotopic (exact) mass is 294 g/mol. The summed E-state index contributed by atoms with van der Waals surface area (Å²) in [7, 11) is 1.26. The summed E-state index contributed by atoms with van der Waals surface area (Å²) in [6, 6.07) is 3.80. The van der Waals surface area contributed by atoms with Crippen molar-refractivity contribution in [3.63, 3.8) is 0 Å². The first kappa shape index (κ1) is 16.7. The number of allylic oxidation sites excluding steroid dienone is 2. The van der Waals surface area contributed by atoms with E-state index in [1.807, 2.05) is 0 Å². The van der Waals surface area contributed by atoms with Gasteiger partial charge in [0.05, 0.1) is 19.3 Å². The average molecular weight is 294 g/mol. The minimum absolute atomic E-state index is 0.00255. The number of rotatable bonds is 7. The van der Waals surface area contributed by atoms with Gasteiger partial charge in [0.25, 0.3) is 0 Å². The van der Waals surface area contributed by atoms with Gasteiger partial charge in [-0.15, -0.1) is 0 Å². The van der Waals surface area contributed by atoms with Gasteiger partial charge in [-0.25, -0.2) is 9.18 Å². The fourth-order valence-corrected chi connectivity index (χ4v) is 1.69. The van der Waals surface area contributed by atoms with Gasteiger partial charge in [-0.3, -0.25) is 0 Å². The van der Waals surface area contributed by atoms with Gasteiger partial charge in [-0.05, 0) is 43.5 Å². The van der Waals surface area contributed by atoms with E-state index in [1.165, 1.54) is 25.5 Å². The van der Waals surface area contributed by atoms with Crippen LogP contribution >= 0.6 is 0 Å². The first-order chi connectivity index (χ1) is 9.99. The second kappa shape index (κ2) is 8.04. The summed E-state index contributed by atoms with van der Waals surface area (Å²) < 4.78 is 23.5. The summed E-state index contributed by atoms with van der Waals surface area (Å²) in [4.78, 5) is 11.4. The molecular formula is C15H19FN2O3. The Morgan fingerprint density at radius 3 is 2.76 bits per heavy atom. The van der Waals surface area contributed by atoms with Crippen molar-refractivity contribution in [1.29, 1.82) is 5.41 Å². The Bertz CT molecular complexity index is 552. The predicted molar refractivity (Wildman–Crippen MR) is 78.1 cm³/mol. The van der Waals surface area contributed by atoms with Crippen molar-refractivity contribution in [3.8, 4) is 5.75 Å². The molecule has 0 aromatic heterocycles. The lowest BCUT2D eigenvalue weighted by molar-refractivity contribution is 0.0600. The third kappa shape index (κ3) is 4.91. The molecule has 0 spiro atoms. The van der Waals surface area contributed by atoms with Gasteiger partial charge in [-0.1, -0.05) is 0 Å². The van der Waals surface area contributed by atoms with Crippen molar-refractivity contribution < 1.29 is 18.7 Å². The Balaban J connectivity index is 2.61. The molecular weight excluding hydrogens is 275 g/mol. The van der Waals surface area contributed by atoms with Crippen molar-refractivity contribution in [2.24, 2.45) is 5.73 Å². The van der Waals surface area contributed by atoms with Crippen molar-refractivity contribution in [3.05, 3.63) is 40.8 Å². The number of carbonyl (C=O) groups is 1. The molecule has 1 aromatic carbocycles.